The molecule has 0 radical (unpaired) electrons. The number of hydrogen-bond acceptors (Lipinski definition) is 2. The zero-order valence-corrected chi connectivity index (χ0v) is 13.5. The van der Waals surface area contributed by atoms with Crippen LogP contribution in [0.4, 0.5) is 0 Å². The van der Waals surface area contributed by atoms with Gasteiger partial charge in [-0.05, 0) is 32.3 Å². The summed E-state index contributed by atoms with van der Waals surface area (Å²) in [6.07, 6.45) is 2.08. The molecule has 5 heteroatoms. The molecule has 1 fully saturated rings. The van der Waals surface area contributed by atoms with Crippen LogP contribution < -0.4 is 16.0 Å². The van der Waals surface area contributed by atoms with E-state index < -0.39 is 0 Å². The van der Waals surface area contributed by atoms with Gasteiger partial charge in [0.2, 0.25) is 5.91 Å². The Morgan fingerprint density at radius 1 is 1.23 bits per heavy atom. The Bertz CT molecular complexity index is 523. The van der Waals surface area contributed by atoms with Crippen molar-refractivity contribution in [3.63, 3.8) is 0 Å². The number of benzene rings is 1. The highest BCUT2D eigenvalue weighted by molar-refractivity contribution is 5.81. The number of aliphatic imine (C=N–C) groups is 1. The number of nitrogens with zero attached hydrogens (tertiary/aromatic N) is 1. The van der Waals surface area contributed by atoms with Gasteiger partial charge in [-0.3, -0.25) is 4.79 Å². The second-order valence-electron chi connectivity index (χ2n) is 5.68. The first-order chi connectivity index (χ1) is 10.7. The normalized spacial score (nSPS) is 14.5. The predicted molar refractivity (Wildman–Crippen MR) is 89.7 cm³/mol. The van der Waals surface area contributed by atoms with Crippen molar-refractivity contribution in [2.45, 2.75) is 33.2 Å². The van der Waals surface area contributed by atoms with Gasteiger partial charge < -0.3 is 16.0 Å². The molecule has 1 saturated carbocycles. The van der Waals surface area contributed by atoms with Gasteiger partial charge in [0.05, 0.1) is 6.54 Å². The molecular weight excluding hydrogens is 276 g/mol. The number of amides is 1. The number of carbonyl (C=O) groups excluding carboxylic acids is 1. The second kappa shape index (κ2) is 8.41. The summed E-state index contributed by atoms with van der Waals surface area (Å²) in [5.74, 6) is 1.23. The molecule has 0 spiro atoms. The highest BCUT2D eigenvalue weighted by Crippen LogP contribution is 2.28. The molecule has 0 aliphatic heterocycles. The van der Waals surface area contributed by atoms with Gasteiger partial charge in [-0.1, -0.05) is 29.8 Å². The highest BCUT2D eigenvalue weighted by atomic mass is 16.2. The molecule has 120 valence electrons. The molecule has 0 bridgehead atoms. The zero-order valence-electron chi connectivity index (χ0n) is 13.5. The van der Waals surface area contributed by atoms with Gasteiger partial charge in [-0.25, -0.2) is 4.99 Å². The number of rotatable bonds is 7. The van der Waals surface area contributed by atoms with Crippen molar-refractivity contribution in [1.29, 1.82) is 0 Å². The maximum Gasteiger partial charge on any atom is 0.223 e. The largest absolute Gasteiger partial charge is 0.357 e. The van der Waals surface area contributed by atoms with Crippen molar-refractivity contribution in [3.05, 3.63) is 35.4 Å². The molecule has 22 heavy (non-hydrogen) atoms. The van der Waals surface area contributed by atoms with Crippen LogP contribution in [0.15, 0.2) is 29.3 Å². The summed E-state index contributed by atoms with van der Waals surface area (Å²) >= 11 is 0. The lowest BCUT2D eigenvalue weighted by molar-refractivity contribution is -0.122. The number of hydrogen-bond donors (Lipinski definition) is 3. The highest BCUT2D eigenvalue weighted by Gasteiger charge is 2.28. The molecule has 1 amide bonds. The van der Waals surface area contributed by atoms with E-state index in [4.69, 9.17) is 0 Å². The average molecular weight is 302 g/mol. The SMILES string of the molecule is CCNC(=NCc1cccc(C)c1)NCCNC(=O)C1CC1. The molecule has 1 aromatic rings. The van der Waals surface area contributed by atoms with E-state index in [1.165, 1.54) is 11.1 Å². The van der Waals surface area contributed by atoms with Gasteiger partial charge in [0.15, 0.2) is 5.96 Å². The van der Waals surface area contributed by atoms with Crippen LogP contribution in [0.25, 0.3) is 0 Å². The molecule has 0 atom stereocenters. The molecular formula is C17H26N4O. The Kier molecular flexibility index (Phi) is 6.25. The van der Waals surface area contributed by atoms with Crippen molar-refractivity contribution < 1.29 is 4.79 Å². The number of aryl methyl sites for hydroxylation is 1. The first-order valence-electron chi connectivity index (χ1n) is 8.04. The summed E-state index contributed by atoms with van der Waals surface area (Å²) in [7, 11) is 0. The van der Waals surface area contributed by atoms with E-state index in [1.807, 2.05) is 13.0 Å². The van der Waals surface area contributed by atoms with Gasteiger partial charge in [0.1, 0.15) is 0 Å². The Balaban J connectivity index is 1.75. The van der Waals surface area contributed by atoms with Crippen molar-refractivity contribution in [2.24, 2.45) is 10.9 Å². The first kappa shape index (κ1) is 16.3. The number of guanidine groups is 1. The van der Waals surface area contributed by atoms with Gasteiger partial charge in [0.25, 0.3) is 0 Å². The fourth-order valence-corrected chi connectivity index (χ4v) is 2.18. The first-order valence-corrected chi connectivity index (χ1v) is 8.04. The molecule has 0 heterocycles. The molecule has 0 saturated heterocycles. The minimum absolute atomic E-state index is 0.184. The van der Waals surface area contributed by atoms with E-state index in [0.717, 1.165) is 25.3 Å². The summed E-state index contributed by atoms with van der Waals surface area (Å²) in [5, 5.41) is 9.40. The van der Waals surface area contributed by atoms with Crippen molar-refractivity contribution in [2.75, 3.05) is 19.6 Å². The lowest BCUT2D eigenvalue weighted by atomic mass is 10.1. The number of nitrogens with one attached hydrogen (secondary N) is 3. The van der Waals surface area contributed by atoms with Gasteiger partial charge in [0, 0.05) is 25.6 Å². The van der Waals surface area contributed by atoms with E-state index in [0.29, 0.717) is 19.6 Å². The Hall–Kier alpha value is -2.04. The average Bonchev–Trinajstić information content (AvgIpc) is 3.33. The quantitative estimate of drug-likeness (QED) is 0.407. The topological polar surface area (TPSA) is 65.5 Å². The van der Waals surface area contributed by atoms with Crippen molar-refractivity contribution in [1.82, 2.24) is 16.0 Å². The van der Waals surface area contributed by atoms with Crippen LogP contribution in [0, 0.1) is 12.8 Å². The maximum absolute atomic E-state index is 11.5. The van der Waals surface area contributed by atoms with E-state index in [-0.39, 0.29) is 11.8 Å². The lowest BCUT2D eigenvalue weighted by Crippen LogP contribution is -2.41. The molecule has 1 aliphatic rings. The smallest absolute Gasteiger partial charge is 0.223 e. The third-order valence-electron chi connectivity index (χ3n) is 3.51. The number of carbonyl (C=O) groups is 1. The second-order valence-corrected chi connectivity index (χ2v) is 5.68. The fraction of sp³-hybridized carbons (Fsp3) is 0.529. The lowest BCUT2D eigenvalue weighted by Gasteiger charge is -2.12. The Morgan fingerprint density at radius 2 is 2.00 bits per heavy atom. The van der Waals surface area contributed by atoms with E-state index in [9.17, 15) is 4.79 Å². The molecule has 2 rings (SSSR count). The van der Waals surface area contributed by atoms with Crippen LogP contribution in [-0.2, 0) is 11.3 Å². The molecule has 3 N–H and O–H groups in total. The van der Waals surface area contributed by atoms with Crippen LogP contribution in [0.3, 0.4) is 0 Å². The van der Waals surface area contributed by atoms with E-state index in [2.05, 4.69) is 46.1 Å². The molecule has 5 nitrogen and oxygen atoms in total. The third-order valence-corrected chi connectivity index (χ3v) is 3.51. The predicted octanol–water partition coefficient (Wildman–Crippen LogP) is 1.58. The minimum atomic E-state index is 0.184. The zero-order chi connectivity index (χ0) is 15.8. The summed E-state index contributed by atoms with van der Waals surface area (Å²) in [6, 6.07) is 8.35. The third kappa shape index (κ3) is 5.76. The van der Waals surface area contributed by atoms with Crippen molar-refractivity contribution in [3.8, 4) is 0 Å². The molecule has 1 aliphatic carbocycles. The fourth-order valence-electron chi connectivity index (χ4n) is 2.18. The van der Waals surface area contributed by atoms with Gasteiger partial charge in [-0.2, -0.15) is 0 Å². The van der Waals surface area contributed by atoms with Gasteiger partial charge in [-0.15, -0.1) is 0 Å². The monoisotopic (exact) mass is 302 g/mol. The minimum Gasteiger partial charge on any atom is -0.357 e. The Labute approximate surface area is 132 Å². The van der Waals surface area contributed by atoms with Gasteiger partial charge >= 0.3 is 0 Å². The molecule has 0 aromatic heterocycles. The van der Waals surface area contributed by atoms with Crippen molar-refractivity contribution >= 4 is 11.9 Å². The van der Waals surface area contributed by atoms with E-state index in [1.54, 1.807) is 0 Å². The maximum atomic E-state index is 11.5. The summed E-state index contributed by atoms with van der Waals surface area (Å²) < 4.78 is 0. The molecule has 1 aromatic carbocycles. The van der Waals surface area contributed by atoms with Crippen LogP contribution in [-0.4, -0.2) is 31.5 Å². The summed E-state index contributed by atoms with van der Waals surface area (Å²) in [6.45, 7) is 6.89. The van der Waals surface area contributed by atoms with E-state index >= 15 is 0 Å². The standard InChI is InChI=1S/C17H26N4O/c1-3-18-17(20-10-9-19-16(22)15-7-8-15)21-12-14-6-4-5-13(2)11-14/h4-6,11,15H,3,7-10,12H2,1-2H3,(H,19,22)(H2,18,20,21). The summed E-state index contributed by atoms with van der Waals surface area (Å²) in [4.78, 5) is 16.1. The van der Waals surface area contributed by atoms with Crippen LogP contribution >= 0.6 is 0 Å². The molecule has 0 unspecified atom stereocenters. The Morgan fingerprint density at radius 3 is 2.68 bits per heavy atom. The van der Waals surface area contributed by atoms with Crippen LogP contribution in [0.1, 0.15) is 30.9 Å². The van der Waals surface area contributed by atoms with Crippen LogP contribution in [0.2, 0.25) is 0 Å². The summed E-state index contributed by atoms with van der Waals surface area (Å²) in [5.41, 5.74) is 2.44. The van der Waals surface area contributed by atoms with Crippen LogP contribution in [0.5, 0.6) is 0 Å².